The molecule has 12 heavy (non-hydrogen) atoms. The van der Waals surface area contributed by atoms with Crippen molar-refractivity contribution in [3.8, 4) is 0 Å². The summed E-state index contributed by atoms with van der Waals surface area (Å²) in [6.07, 6.45) is 1.23. The third kappa shape index (κ3) is 7.12. The number of amides is 1. The zero-order chi connectivity index (χ0) is 9.61. The molecule has 70 valence electrons. The van der Waals surface area contributed by atoms with Crippen molar-refractivity contribution in [1.29, 1.82) is 0 Å². The fourth-order valence-corrected chi connectivity index (χ4v) is 0.489. The Bertz CT molecular complexity index is 158. The largest absolute Gasteiger partial charge is 0.449 e. The van der Waals surface area contributed by atoms with Gasteiger partial charge in [0.25, 0.3) is 0 Å². The molecule has 0 saturated carbocycles. The Balaban J connectivity index is 3.51. The lowest BCUT2D eigenvalue weighted by Gasteiger charge is -2.17. The number of ether oxygens (including phenoxy) is 1. The van der Waals surface area contributed by atoms with Crippen molar-refractivity contribution in [2.24, 2.45) is 5.41 Å². The lowest BCUT2D eigenvalue weighted by atomic mass is 9.99. The van der Waals surface area contributed by atoms with E-state index in [0.717, 1.165) is 0 Å². The maximum Gasteiger partial charge on any atom is 0.407 e. The summed E-state index contributed by atoms with van der Waals surface area (Å²) in [6, 6.07) is 0. The van der Waals surface area contributed by atoms with Gasteiger partial charge in [-0.25, -0.2) is 4.79 Å². The van der Waals surface area contributed by atoms with Gasteiger partial charge in [0, 0.05) is 6.54 Å². The highest BCUT2D eigenvalue weighted by molar-refractivity contribution is 5.67. The summed E-state index contributed by atoms with van der Waals surface area (Å²) < 4.78 is 4.91. The second-order valence-corrected chi connectivity index (χ2v) is 3.81. The normalized spacial score (nSPS) is 10.6. The molecule has 0 aliphatic rings. The monoisotopic (exact) mass is 171 g/mol. The number of carbonyl (C=O) groups is 1. The Hall–Kier alpha value is -0.990. The Morgan fingerprint density at radius 2 is 2.17 bits per heavy atom. The molecule has 0 aromatic rings. The highest BCUT2D eigenvalue weighted by atomic mass is 16.5. The van der Waals surface area contributed by atoms with E-state index in [9.17, 15) is 4.79 Å². The van der Waals surface area contributed by atoms with Gasteiger partial charge in [-0.05, 0) is 5.41 Å². The van der Waals surface area contributed by atoms with Crippen LogP contribution in [0.4, 0.5) is 4.79 Å². The first-order chi connectivity index (χ1) is 5.45. The quantitative estimate of drug-likeness (QED) is 0.659. The van der Waals surface area contributed by atoms with Crippen LogP contribution >= 0.6 is 0 Å². The van der Waals surface area contributed by atoms with Gasteiger partial charge in [-0.3, -0.25) is 0 Å². The summed E-state index contributed by atoms with van der Waals surface area (Å²) >= 11 is 0. The molecule has 0 aliphatic carbocycles. The topological polar surface area (TPSA) is 38.3 Å². The minimum Gasteiger partial charge on any atom is -0.449 e. The van der Waals surface area contributed by atoms with E-state index in [1.807, 2.05) is 20.8 Å². The van der Waals surface area contributed by atoms with Crippen LogP contribution in [-0.4, -0.2) is 19.2 Å². The van der Waals surface area contributed by atoms with Crippen LogP contribution in [0.25, 0.3) is 0 Å². The van der Waals surface area contributed by atoms with Crippen molar-refractivity contribution >= 4 is 6.09 Å². The molecule has 1 N–H and O–H groups in total. The molecule has 0 radical (unpaired) electrons. The van der Waals surface area contributed by atoms with Gasteiger partial charge in [0.15, 0.2) is 0 Å². The minimum atomic E-state index is -0.384. The molecule has 0 bridgehead atoms. The number of carbonyl (C=O) groups excluding carboxylic acids is 1. The van der Waals surface area contributed by atoms with Crippen LogP contribution in [0, 0.1) is 5.41 Å². The third-order valence-corrected chi connectivity index (χ3v) is 1.03. The maximum atomic E-state index is 10.9. The molecular formula is C9H17NO2. The van der Waals surface area contributed by atoms with Gasteiger partial charge in [0.05, 0.1) is 6.61 Å². The Morgan fingerprint density at radius 3 is 2.58 bits per heavy atom. The van der Waals surface area contributed by atoms with Gasteiger partial charge in [0.2, 0.25) is 0 Å². The van der Waals surface area contributed by atoms with Crippen molar-refractivity contribution in [2.45, 2.75) is 20.8 Å². The molecule has 3 heteroatoms. The number of rotatable bonds is 3. The predicted molar refractivity (Wildman–Crippen MR) is 49.0 cm³/mol. The Morgan fingerprint density at radius 1 is 1.58 bits per heavy atom. The van der Waals surface area contributed by atoms with Crippen molar-refractivity contribution in [3.05, 3.63) is 12.7 Å². The number of hydrogen-bond acceptors (Lipinski definition) is 2. The van der Waals surface area contributed by atoms with Gasteiger partial charge in [-0.15, -0.1) is 6.58 Å². The molecule has 0 unspecified atom stereocenters. The average Bonchev–Trinajstić information content (AvgIpc) is 1.95. The zero-order valence-electron chi connectivity index (χ0n) is 8.02. The van der Waals surface area contributed by atoms with E-state index >= 15 is 0 Å². The van der Waals surface area contributed by atoms with Crippen LogP contribution in [-0.2, 0) is 4.74 Å². The molecule has 0 atom stereocenters. The van der Waals surface area contributed by atoms with E-state index in [2.05, 4.69) is 11.9 Å². The molecule has 0 aromatic heterocycles. The van der Waals surface area contributed by atoms with Crippen molar-refractivity contribution in [2.75, 3.05) is 13.2 Å². The fraction of sp³-hybridized carbons (Fsp3) is 0.667. The highest BCUT2D eigenvalue weighted by Gasteiger charge is 2.12. The molecule has 0 saturated heterocycles. The standard InChI is InChI=1S/C9H17NO2/c1-5-6-10-8(11)12-7-9(2,3)4/h5H,1,6-7H2,2-4H3,(H,10,11). The van der Waals surface area contributed by atoms with Crippen LogP contribution in [0.3, 0.4) is 0 Å². The first kappa shape index (κ1) is 11.0. The molecule has 0 heterocycles. The molecule has 1 amide bonds. The van der Waals surface area contributed by atoms with E-state index < -0.39 is 0 Å². The fourth-order valence-electron chi connectivity index (χ4n) is 0.489. The minimum absolute atomic E-state index is 0.0194. The van der Waals surface area contributed by atoms with E-state index in [1.54, 1.807) is 6.08 Å². The summed E-state index contributed by atoms with van der Waals surface area (Å²) in [4.78, 5) is 10.9. The summed E-state index contributed by atoms with van der Waals surface area (Å²) in [5.41, 5.74) is 0.0194. The number of hydrogen-bond donors (Lipinski definition) is 1. The second-order valence-electron chi connectivity index (χ2n) is 3.81. The Kier molecular flexibility index (Phi) is 4.40. The van der Waals surface area contributed by atoms with E-state index in [1.165, 1.54) is 0 Å². The summed E-state index contributed by atoms with van der Waals surface area (Å²) in [5.74, 6) is 0. The zero-order valence-corrected chi connectivity index (χ0v) is 8.02. The first-order valence-electron chi connectivity index (χ1n) is 3.97. The van der Waals surface area contributed by atoms with Crippen molar-refractivity contribution in [3.63, 3.8) is 0 Å². The molecule has 0 fully saturated rings. The summed E-state index contributed by atoms with van der Waals surface area (Å²) in [6.45, 7) is 10.4. The molecular weight excluding hydrogens is 154 g/mol. The Labute approximate surface area is 73.8 Å². The molecule has 3 nitrogen and oxygen atoms in total. The van der Waals surface area contributed by atoms with Gasteiger partial charge < -0.3 is 10.1 Å². The van der Waals surface area contributed by atoms with Crippen LogP contribution < -0.4 is 5.32 Å². The van der Waals surface area contributed by atoms with Crippen LogP contribution in [0.15, 0.2) is 12.7 Å². The molecule has 0 spiro atoms. The SMILES string of the molecule is C=CCNC(=O)OCC(C)(C)C. The smallest absolute Gasteiger partial charge is 0.407 e. The first-order valence-corrected chi connectivity index (χ1v) is 3.97. The summed E-state index contributed by atoms with van der Waals surface area (Å²) in [5, 5.41) is 2.53. The van der Waals surface area contributed by atoms with E-state index in [4.69, 9.17) is 4.74 Å². The van der Waals surface area contributed by atoms with Gasteiger partial charge in [-0.1, -0.05) is 26.8 Å². The third-order valence-electron chi connectivity index (χ3n) is 1.03. The van der Waals surface area contributed by atoms with Gasteiger partial charge in [0.1, 0.15) is 0 Å². The lowest BCUT2D eigenvalue weighted by molar-refractivity contribution is 0.107. The maximum absolute atomic E-state index is 10.9. The van der Waals surface area contributed by atoms with Crippen molar-refractivity contribution < 1.29 is 9.53 Å². The van der Waals surface area contributed by atoms with Crippen LogP contribution in [0.1, 0.15) is 20.8 Å². The lowest BCUT2D eigenvalue weighted by Crippen LogP contribution is -2.28. The van der Waals surface area contributed by atoms with Crippen LogP contribution in [0.2, 0.25) is 0 Å². The van der Waals surface area contributed by atoms with Gasteiger partial charge in [-0.2, -0.15) is 0 Å². The van der Waals surface area contributed by atoms with E-state index in [-0.39, 0.29) is 11.5 Å². The van der Waals surface area contributed by atoms with E-state index in [0.29, 0.717) is 13.2 Å². The molecule has 0 rings (SSSR count). The highest BCUT2D eigenvalue weighted by Crippen LogP contribution is 2.12. The predicted octanol–water partition coefficient (Wildman–Crippen LogP) is 1.94. The second kappa shape index (κ2) is 4.80. The van der Waals surface area contributed by atoms with Crippen LogP contribution in [0.5, 0.6) is 0 Å². The number of alkyl carbamates (subject to hydrolysis) is 1. The average molecular weight is 171 g/mol. The van der Waals surface area contributed by atoms with Crippen molar-refractivity contribution in [1.82, 2.24) is 5.32 Å². The molecule has 0 aliphatic heterocycles. The number of nitrogens with one attached hydrogen (secondary N) is 1. The molecule has 0 aromatic carbocycles. The van der Waals surface area contributed by atoms with Gasteiger partial charge >= 0.3 is 6.09 Å². The summed E-state index contributed by atoms with van der Waals surface area (Å²) in [7, 11) is 0.